The molecule has 1 amide bonds. The minimum atomic E-state index is -0.0283. The molecular formula is C19H24N8O. The van der Waals surface area contributed by atoms with Crippen molar-refractivity contribution in [2.75, 3.05) is 20.1 Å². The van der Waals surface area contributed by atoms with Crippen molar-refractivity contribution in [1.82, 2.24) is 39.8 Å². The van der Waals surface area contributed by atoms with E-state index in [2.05, 4.69) is 25.5 Å². The highest BCUT2D eigenvalue weighted by Crippen LogP contribution is 2.13. The van der Waals surface area contributed by atoms with E-state index in [1.165, 1.54) is 12.8 Å². The van der Waals surface area contributed by atoms with Crippen molar-refractivity contribution >= 4 is 5.91 Å². The van der Waals surface area contributed by atoms with E-state index in [-0.39, 0.29) is 12.5 Å². The second-order valence-corrected chi connectivity index (χ2v) is 7.11. The van der Waals surface area contributed by atoms with Gasteiger partial charge in [0.05, 0.1) is 12.2 Å². The average Bonchev–Trinajstić information content (AvgIpc) is 3.46. The van der Waals surface area contributed by atoms with Crippen LogP contribution in [0.3, 0.4) is 0 Å². The van der Waals surface area contributed by atoms with Gasteiger partial charge in [-0.25, -0.2) is 9.36 Å². The monoisotopic (exact) mass is 380 g/mol. The van der Waals surface area contributed by atoms with Crippen LogP contribution in [0.5, 0.6) is 0 Å². The van der Waals surface area contributed by atoms with Crippen LogP contribution >= 0.6 is 0 Å². The van der Waals surface area contributed by atoms with Crippen molar-refractivity contribution in [3.05, 3.63) is 54.1 Å². The number of hydrogen-bond acceptors (Lipinski definition) is 6. The molecule has 146 valence electrons. The third-order valence-corrected chi connectivity index (χ3v) is 4.98. The minimum Gasteiger partial charge on any atom is -0.340 e. The molecule has 1 aromatic carbocycles. The summed E-state index contributed by atoms with van der Waals surface area (Å²) in [6, 6.07) is 9.89. The van der Waals surface area contributed by atoms with Crippen LogP contribution in [0, 0.1) is 0 Å². The summed E-state index contributed by atoms with van der Waals surface area (Å²) in [5.41, 5.74) is 2.01. The van der Waals surface area contributed by atoms with Gasteiger partial charge in [0.15, 0.2) is 5.82 Å². The van der Waals surface area contributed by atoms with Gasteiger partial charge in [-0.05, 0) is 60.1 Å². The van der Waals surface area contributed by atoms with E-state index in [1.54, 1.807) is 27.5 Å². The molecule has 2 aromatic heterocycles. The van der Waals surface area contributed by atoms with Crippen molar-refractivity contribution in [2.24, 2.45) is 0 Å². The van der Waals surface area contributed by atoms with E-state index in [9.17, 15) is 4.79 Å². The molecule has 28 heavy (non-hydrogen) atoms. The number of rotatable bonds is 7. The number of likely N-dealkylation sites (N-methyl/N-ethyl adjacent to an activating group) is 1. The van der Waals surface area contributed by atoms with E-state index in [0.717, 1.165) is 30.2 Å². The Morgan fingerprint density at radius 3 is 2.86 bits per heavy atom. The van der Waals surface area contributed by atoms with Crippen molar-refractivity contribution in [2.45, 2.75) is 32.5 Å². The van der Waals surface area contributed by atoms with E-state index in [1.807, 2.05) is 36.5 Å². The normalized spacial score (nSPS) is 14.5. The van der Waals surface area contributed by atoms with Gasteiger partial charge < -0.3 is 4.90 Å². The SMILES string of the molecule is CN(Cc1cccc(-n2cccn2)c1)C(=O)Cn1nnnc1CN1CCCC1. The smallest absolute Gasteiger partial charge is 0.244 e. The lowest BCUT2D eigenvalue weighted by molar-refractivity contribution is -0.131. The molecule has 1 fully saturated rings. The first-order valence-electron chi connectivity index (χ1n) is 9.49. The zero-order chi connectivity index (χ0) is 19.3. The Hall–Kier alpha value is -3.07. The van der Waals surface area contributed by atoms with Gasteiger partial charge in [-0.3, -0.25) is 9.69 Å². The van der Waals surface area contributed by atoms with Crippen LogP contribution in [0.2, 0.25) is 0 Å². The number of hydrogen-bond donors (Lipinski definition) is 0. The highest BCUT2D eigenvalue weighted by molar-refractivity contribution is 5.75. The number of benzene rings is 1. The Balaban J connectivity index is 1.38. The zero-order valence-electron chi connectivity index (χ0n) is 16.0. The number of likely N-dealkylation sites (tertiary alicyclic amines) is 1. The fourth-order valence-corrected chi connectivity index (χ4v) is 3.43. The lowest BCUT2D eigenvalue weighted by Crippen LogP contribution is -2.31. The third kappa shape index (κ3) is 4.25. The summed E-state index contributed by atoms with van der Waals surface area (Å²) in [5, 5.41) is 16.1. The second-order valence-electron chi connectivity index (χ2n) is 7.11. The minimum absolute atomic E-state index is 0.0283. The molecule has 0 radical (unpaired) electrons. The van der Waals surface area contributed by atoms with E-state index < -0.39 is 0 Å². The van der Waals surface area contributed by atoms with Gasteiger partial charge in [0.25, 0.3) is 0 Å². The Morgan fingerprint density at radius 2 is 2.07 bits per heavy atom. The molecule has 9 nitrogen and oxygen atoms in total. The number of carbonyl (C=O) groups is 1. The zero-order valence-corrected chi connectivity index (χ0v) is 16.0. The van der Waals surface area contributed by atoms with Gasteiger partial charge in [-0.15, -0.1) is 5.10 Å². The Kier molecular flexibility index (Phi) is 5.43. The van der Waals surface area contributed by atoms with Crippen molar-refractivity contribution in [3.63, 3.8) is 0 Å². The predicted molar refractivity (Wildman–Crippen MR) is 102 cm³/mol. The van der Waals surface area contributed by atoms with E-state index >= 15 is 0 Å². The molecule has 0 bridgehead atoms. The van der Waals surface area contributed by atoms with Crippen LogP contribution in [0.15, 0.2) is 42.7 Å². The molecule has 0 aliphatic carbocycles. The highest BCUT2D eigenvalue weighted by Gasteiger charge is 2.18. The summed E-state index contributed by atoms with van der Waals surface area (Å²) in [6.45, 7) is 3.47. The standard InChI is InChI=1S/C19H24N8O/c1-24(13-16-6-4-7-17(12-16)26-11-5-8-20-26)19(28)15-27-18(21-22-23-27)14-25-9-2-3-10-25/h4-8,11-12H,2-3,9-10,13-15H2,1H3. The van der Waals surface area contributed by atoms with Gasteiger partial charge in [-0.1, -0.05) is 12.1 Å². The molecular weight excluding hydrogens is 356 g/mol. The maximum Gasteiger partial charge on any atom is 0.244 e. The third-order valence-electron chi connectivity index (χ3n) is 4.98. The largest absolute Gasteiger partial charge is 0.340 e. The fourth-order valence-electron chi connectivity index (χ4n) is 3.43. The van der Waals surface area contributed by atoms with E-state index in [4.69, 9.17) is 0 Å². The van der Waals surface area contributed by atoms with Gasteiger partial charge in [-0.2, -0.15) is 5.10 Å². The number of amides is 1. The topological polar surface area (TPSA) is 85.0 Å². The van der Waals surface area contributed by atoms with Crippen LogP contribution in [-0.2, 0) is 24.4 Å². The lowest BCUT2D eigenvalue weighted by Gasteiger charge is -2.19. The Labute approximate surface area is 163 Å². The first-order chi connectivity index (χ1) is 13.7. The van der Waals surface area contributed by atoms with Crippen molar-refractivity contribution in [1.29, 1.82) is 0 Å². The molecule has 0 N–H and O–H groups in total. The molecule has 0 saturated carbocycles. The summed E-state index contributed by atoms with van der Waals surface area (Å²) in [7, 11) is 1.80. The Bertz CT molecular complexity index is 914. The highest BCUT2D eigenvalue weighted by atomic mass is 16.2. The molecule has 9 heteroatoms. The maximum atomic E-state index is 12.7. The van der Waals surface area contributed by atoms with Gasteiger partial charge in [0.1, 0.15) is 6.54 Å². The average molecular weight is 380 g/mol. The van der Waals surface area contributed by atoms with Gasteiger partial charge in [0, 0.05) is 26.0 Å². The molecule has 0 unspecified atom stereocenters. The molecule has 3 heterocycles. The first kappa shape index (κ1) is 18.3. The second kappa shape index (κ2) is 8.30. The maximum absolute atomic E-state index is 12.7. The number of carbonyl (C=O) groups excluding carboxylic acids is 1. The molecule has 3 aromatic rings. The predicted octanol–water partition coefficient (Wildman–Crippen LogP) is 1.11. The number of nitrogens with zero attached hydrogens (tertiary/aromatic N) is 8. The van der Waals surface area contributed by atoms with Crippen LogP contribution in [0.1, 0.15) is 24.2 Å². The summed E-state index contributed by atoms with van der Waals surface area (Å²) in [4.78, 5) is 16.7. The molecule has 1 saturated heterocycles. The van der Waals surface area contributed by atoms with Crippen molar-refractivity contribution < 1.29 is 4.79 Å². The molecule has 1 aliphatic heterocycles. The summed E-state index contributed by atoms with van der Waals surface area (Å²) < 4.78 is 3.41. The lowest BCUT2D eigenvalue weighted by atomic mass is 10.2. The van der Waals surface area contributed by atoms with Gasteiger partial charge >= 0.3 is 0 Å². The molecule has 1 aliphatic rings. The van der Waals surface area contributed by atoms with Crippen LogP contribution in [0.4, 0.5) is 0 Å². The first-order valence-corrected chi connectivity index (χ1v) is 9.49. The molecule has 4 rings (SSSR count). The van der Waals surface area contributed by atoms with Crippen molar-refractivity contribution in [3.8, 4) is 5.69 Å². The molecule has 0 spiro atoms. The summed E-state index contributed by atoms with van der Waals surface area (Å²) in [5.74, 6) is 0.712. The fraction of sp³-hybridized carbons (Fsp3) is 0.421. The van der Waals surface area contributed by atoms with Gasteiger partial charge in [0.2, 0.25) is 5.91 Å². The summed E-state index contributed by atoms with van der Waals surface area (Å²) in [6.07, 6.45) is 6.06. The van der Waals surface area contributed by atoms with Crippen LogP contribution in [0.25, 0.3) is 5.69 Å². The van der Waals surface area contributed by atoms with Crippen LogP contribution in [-0.4, -0.2) is 65.8 Å². The van der Waals surface area contributed by atoms with E-state index in [0.29, 0.717) is 13.1 Å². The Morgan fingerprint density at radius 1 is 1.21 bits per heavy atom. The van der Waals surface area contributed by atoms with Crippen LogP contribution < -0.4 is 0 Å². The molecule has 0 atom stereocenters. The quantitative estimate of drug-likeness (QED) is 0.611. The summed E-state index contributed by atoms with van der Waals surface area (Å²) >= 11 is 0. The number of tetrazole rings is 1. The number of aromatic nitrogens is 6.